The third-order valence-electron chi connectivity index (χ3n) is 3.88. The van der Waals surface area contributed by atoms with Crippen molar-refractivity contribution in [1.29, 1.82) is 0 Å². The second kappa shape index (κ2) is 6.55. The molecule has 2 N–H and O–H groups in total. The highest BCUT2D eigenvalue weighted by atomic mass is 35.5. The van der Waals surface area contributed by atoms with Gasteiger partial charge in [0.1, 0.15) is 11.4 Å². The normalized spacial score (nSPS) is 18.5. The van der Waals surface area contributed by atoms with Crippen LogP contribution in [0.15, 0.2) is 12.3 Å². The second-order valence-corrected chi connectivity index (χ2v) is 5.69. The van der Waals surface area contributed by atoms with Crippen LogP contribution in [0.1, 0.15) is 55.8 Å². The van der Waals surface area contributed by atoms with Crippen molar-refractivity contribution in [2.75, 3.05) is 12.3 Å². The van der Waals surface area contributed by atoms with Gasteiger partial charge in [0.05, 0.1) is 10.6 Å². The van der Waals surface area contributed by atoms with E-state index in [2.05, 4.69) is 4.98 Å². The molecule has 1 heterocycles. The molecule has 0 radical (unpaired) electrons. The minimum atomic E-state index is -0.758. The molecule has 2 rings (SSSR count). The van der Waals surface area contributed by atoms with Crippen molar-refractivity contribution < 1.29 is 9.53 Å². The third kappa shape index (κ3) is 3.13. The molecule has 0 aromatic carbocycles. The molecule has 0 unspecified atom stereocenters. The van der Waals surface area contributed by atoms with Crippen LogP contribution in [0.3, 0.4) is 0 Å². The van der Waals surface area contributed by atoms with E-state index in [0.717, 1.165) is 38.5 Å². The summed E-state index contributed by atoms with van der Waals surface area (Å²) in [7, 11) is 0. The Kier molecular flexibility index (Phi) is 5.00. The van der Waals surface area contributed by atoms with E-state index in [1.54, 1.807) is 6.07 Å². The molecule has 0 amide bonds. The summed E-state index contributed by atoms with van der Waals surface area (Å²) in [6.07, 6.45) is 7.22. The van der Waals surface area contributed by atoms with E-state index in [1.165, 1.54) is 6.20 Å². The lowest BCUT2D eigenvalue weighted by Crippen LogP contribution is -2.41. The van der Waals surface area contributed by atoms with E-state index in [4.69, 9.17) is 22.1 Å². The number of anilines is 1. The zero-order valence-electron chi connectivity index (χ0n) is 11.8. The summed E-state index contributed by atoms with van der Waals surface area (Å²) in [4.78, 5) is 16.9. The van der Waals surface area contributed by atoms with Crippen molar-refractivity contribution >= 4 is 23.2 Å². The van der Waals surface area contributed by atoms with Gasteiger partial charge in [-0.15, -0.1) is 0 Å². The van der Waals surface area contributed by atoms with Crippen molar-refractivity contribution in [1.82, 2.24) is 4.98 Å². The van der Waals surface area contributed by atoms with E-state index in [-0.39, 0.29) is 11.6 Å². The molecule has 0 aliphatic heterocycles. The van der Waals surface area contributed by atoms with Crippen LogP contribution in [0, 0.1) is 0 Å². The molecule has 5 heteroatoms. The molecule has 4 nitrogen and oxygen atoms in total. The zero-order chi connectivity index (χ0) is 14.6. The van der Waals surface area contributed by atoms with Gasteiger partial charge >= 0.3 is 0 Å². The molecular weight excluding hydrogens is 276 g/mol. The first-order valence-electron chi connectivity index (χ1n) is 7.19. The zero-order valence-corrected chi connectivity index (χ0v) is 12.6. The highest BCUT2D eigenvalue weighted by molar-refractivity contribution is 6.31. The summed E-state index contributed by atoms with van der Waals surface area (Å²) in [5, 5.41) is 0.419. The number of carbonyl (C=O) groups excluding carboxylic acids is 1. The Balaban J connectivity index is 2.37. The molecule has 1 fully saturated rings. The van der Waals surface area contributed by atoms with Crippen molar-refractivity contribution in [2.45, 2.75) is 51.0 Å². The first-order valence-corrected chi connectivity index (χ1v) is 7.56. The van der Waals surface area contributed by atoms with Crippen LogP contribution in [0.25, 0.3) is 0 Å². The van der Waals surface area contributed by atoms with E-state index in [0.29, 0.717) is 17.2 Å². The molecule has 1 aromatic heterocycles. The standard InChI is InChI=1S/C15H21ClN2O2/c1-2-20-15(7-5-3-4-6-8-15)13(19)12-9-11(16)10-18-14(12)17/h9-10H,2-8H2,1H3,(H2,17,18). The molecule has 1 aliphatic rings. The molecule has 1 aromatic rings. The quantitative estimate of drug-likeness (QED) is 0.680. The number of nitrogens with zero attached hydrogens (tertiary/aromatic N) is 1. The van der Waals surface area contributed by atoms with Crippen molar-refractivity contribution in [2.24, 2.45) is 0 Å². The summed E-state index contributed by atoms with van der Waals surface area (Å²) < 4.78 is 5.89. The van der Waals surface area contributed by atoms with E-state index in [9.17, 15) is 4.79 Å². The highest BCUT2D eigenvalue weighted by Gasteiger charge is 2.40. The number of ether oxygens (including phenoxy) is 1. The average Bonchev–Trinajstić information content (AvgIpc) is 2.68. The van der Waals surface area contributed by atoms with Crippen LogP contribution >= 0.6 is 11.6 Å². The van der Waals surface area contributed by atoms with Gasteiger partial charge in [0, 0.05) is 12.8 Å². The molecule has 1 aliphatic carbocycles. The number of aromatic nitrogens is 1. The fourth-order valence-corrected chi connectivity index (χ4v) is 3.05. The SMILES string of the molecule is CCOC1(C(=O)c2cc(Cl)cnc2N)CCCCCC1. The van der Waals surface area contributed by atoms with Crippen LogP contribution < -0.4 is 5.73 Å². The molecule has 0 bridgehead atoms. The number of nitrogen functional groups attached to an aromatic ring is 1. The summed E-state index contributed by atoms with van der Waals surface area (Å²) in [6, 6.07) is 1.60. The predicted octanol–water partition coefficient (Wildman–Crippen LogP) is 3.63. The van der Waals surface area contributed by atoms with Crippen molar-refractivity contribution in [3.8, 4) is 0 Å². The van der Waals surface area contributed by atoms with Gasteiger partial charge < -0.3 is 10.5 Å². The number of halogens is 1. The van der Waals surface area contributed by atoms with E-state index >= 15 is 0 Å². The number of ketones is 1. The second-order valence-electron chi connectivity index (χ2n) is 5.26. The molecule has 0 spiro atoms. The number of hydrogen-bond acceptors (Lipinski definition) is 4. The molecule has 0 atom stereocenters. The van der Waals surface area contributed by atoms with Crippen LogP contribution in [0.5, 0.6) is 0 Å². The highest BCUT2D eigenvalue weighted by Crippen LogP contribution is 2.35. The number of rotatable bonds is 4. The summed E-state index contributed by atoms with van der Waals surface area (Å²) in [5.74, 6) is 0.150. The number of nitrogens with two attached hydrogens (primary N) is 1. The lowest BCUT2D eigenvalue weighted by atomic mass is 9.86. The largest absolute Gasteiger partial charge is 0.383 e. The summed E-state index contributed by atoms with van der Waals surface area (Å²) in [5.41, 5.74) is 5.47. The third-order valence-corrected chi connectivity index (χ3v) is 4.08. The minimum Gasteiger partial charge on any atom is -0.383 e. The molecule has 20 heavy (non-hydrogen) atoms. The lowest BCUT2D eigenvalue weighted by Gasteiger charge is -2.31. The Morgan fingerprint density at radius 2 is 2.05 bits per heavy atom. The molecule has 0 saturated heterocycles. The number of Topliss-reactive ketones (excluding diaryl/α,β-unsaturated/α-hetero) is 1. The Morgan fingerprint density at radius 1 is 1.40 bits per heavy atom. The first-order chi connectivity index (χ1) is 9.59. The molecule has 110 valence electrons. The molecular formula is C15H21ClN2O2. The van der Waals surface area contributed by atoms with Gasteiger partial charge in [-0.3, -0.25) is 4.79 Å². The maximum Gasteiger partial charge on any atom is 0.198 e. The lowest BCUT2D eigenvalue weighted by molar-refractivity contribution is -0.0292. The molecule has 1 saturated carbocycles. The predicted molar refractivity (Wildman–Crippen MR) is 80.0 cm³/mol. The van der Waals surface area contributed by atoms with Gasteiger partial charge in [-0.1, -0.05) is 37.3 Å². The summed E-state index contributed by atoms with van der Waals surface area (Å²) in [6.45, 7) is 2.43. The van der Waals surface area contributed by atoms with Crippen LogP contribution in [-0.2, 0) is 4.74 Å². The van der Waals surface area contributed by atoms with Crippen LogP contribution in [-0.4, -0.2) is 23.0 Å². The fraction of sp³-hybridized carbons (Fsp3) is 0.600. The monoisotopic (exact) mass is 296 g/mol. The maximum atomic E-state index is 12.9. The Labute approximate surface area is 124 Å². The van der Waals surface area contributed by atoms with Crippen molar-refractivity contribution in [3.05, 3.63) is 22.8 Å². The smallest absolute Gasteiger partial charge is 0.198 e. The van der Waals surface area contributed by atoms with E-state index in [1.807, 2.05) is 6.92 Å². The number of carbonyl (C=O) groups is 1. The van der Waals surface area contributed by atoms with Gasteiger partial charge in [-0.25, -0.2) is 4.98 Å². The van der Waals surface area contributed by atoms with Crippen LogP contribution in [0.4, 0.5) is 5.82 Å². The maximum absolute atomic E-state index is 12.9. The Hall–Kier alpha value is -1.13. The van der Waals surface area contributed by atoms with Crippen molar-refractivity contribution in [3.63, 3.8) is 0 Å². The minimum absolute atomic E-state index is 0.0752. The van der Waals surface area contributed by atoms with Gasteiger partial charge in [0.2, 0.25) is 0 Å². The Bertz CT molecular complexity index is 483. The van der Waals surface area contributed by atoms with Gasteiger partial charge in [-0.2, -0.15) is 0 Å². The van der Waals surface area contributed by atoms with Crippen LogP contribution in [0.2, 0.25) is 5.02 Å². The topological polar surface area (TPSA) is 65.2 Å². The number of hydrogen-bond donors (Lipinski definition) is 1. The van der Waals surface area contributed by atoms with E-state index < -0.39 is 5.60 Å². The van der Waals surface area contributed by atoms with Gasteiger partial charge in [0.15, 0.2) is 5.78 Å². The average molecular weight is 297 g/mol. The fourth-order valence-electron chi connectivity index (χ4n) is 2.89. The van der Waals surface area contributed by atoms with Gasteiger partial charge in [0.25, 0.3) is 0 Å². The Morgan fingerprint density at radius 3 is 2.65 bits per heavy atom. The first kappa shape index (κ1) is 15.3. The van der Waals surface area contributed by atoms with Gasteiger partial charge in [-0.05, 0) is 25.8 Å². The summed E-state index contributed by atoms with van der Waals surface area (Å²) >= 11 is 5.94. The number of pyridine rings is 1.